The van der Waals surface area contributed by atoms with Gasteiger partial charge in [0.05, 0.1) is 6.61 Å². The summed E-state index contributed by atoms with van der Waals surface area (Å²) in [7, 11) is 0. The van der Waals surface area contributed by atoms with Gasteiger partial charge in [0.25, 0.3) is 5.60 Å². The molecule has 0 amide bonds. The third-order valence-corrected chi connectivity index (χ3v) is 4.12. The molecule has 1 saturated carbocycles. The van der Waals surface area contributed by atoms with Crippen molar-refractivity contribution in [2.24, 2.45) is 11.8 Å². The van der Waals surface area contributed by atoms with Crippen LogP contribution < -0.4 is 0 Å². The number of carbonyl (C=O) groups is 1. The zero-order chi connectivity index (χ0) is 17.9. The Hall–Kier alpha value is -1.25. The number of hydrogen-bond donors (Lipinski definition) is 1. The molecule has 1 N–H and O–H groups in total. The van der Waals surface area contributed by atoms with Crippen LogP contribution in [0.1, 0.15) is 32.1 Å². The molecule has 0 saturated heterocycles. The number of rotatable bonds is 5. The van der Waals surface area contributed by atoms with Crippen molar-refractivity contribution in [3.05, 3.63) is 12.7 Å². The Labute approximate surface area is 129 Å². The smallest absolute Gasteiger partial charge is 0.426 e. The summed E-state index contributed by atoms with van der Waals surface area (Å²) < 4.78 is 80.7. The van der Waals surface area contributed by atoms with Gasteiger partial charge in [0.2, 0.25) is 0 Å². The van der Waals surface area contributed by atoms with Crippen LogP contribution in [-0.4, -0.2) is 35.6 Å². The maximum atomic E-state index is 12.6. The molecule has 0 radical (unpaired) electrons. The van der Waals surface area contributed by atoms with Crippen LogP contribution in [0.5, 0.6) is 0 Å². The Bertz CT molecular complexity index is 407. The lowest BCUT2D eigenvalue weighted by Gasteiger charge is -2.37. The van der Waals surface area contributed by atoms with Crippen molar-refractivity contribution in [1.82, 2.24) is 0 Å². The van der Waals surface area contributed by atoms with E-state index >= 15 is 0 Å². The fourth-order valence-corrected chi connectivity index (χ4v) is 2.67. The van der Waals surface area contributed by atoms with E-state index in [1.54, 1.807) is 0 Å². The molecule has 1 rings (SSSR count). The van der Waals surface area contributed by atoms with Crippen LogP contribution in [0.4, 0.5) is 26.3 Å². The van der Waals surface area contributed by atoms with E-state index in [4.69, 9.17) is 4.74 Å². The van der Waals surface area contributed by atoms with Gasteiger partial charge in [0.1, 0.15) is 0 Å². The molecular formula is C14H18F6O3. The maximum absolute atomic E-state index is 12.6. The Morgan fingerprint density at radius 3 is 1.87 bits per heavy atom. The highest BCUT2D eigenvalue weighted by Crippen LogP contribution is 2.48. The molecule has 0 spiro atoms. The van der Waals surface area contributed by atoms with Gasteiger partial charge in [-0.2, -0.15) is 26.3 Å². The zero-order valence-electron chi connectivity index (χ0n) is 12.2. The van der Waals surface area contributed by atoms with E-state index in [0.29, 0.717) is 12.8 Å². The second kappa shape index (κ2) is 7.11. The van der Waals surface area contributed by atoms with Crippen LogP contribution in [0.15, 0.2) is 12.7 Å². The predicted octanol–water partition coefficient (Wildman–Crippen LogP) is 3.77. The molecule has 23 heavy (non-hydrogen) atoms. The highest BCUT2D eigenvalue weighted by Gasteiger charge is 2.70. The Kier molecular flexibility index (Phi) is 6.12. The lowest BCUT2D eigenvalue weighted by atomic mass is 9.76. The molecule has 0 unspecified atom stereocenters. The Morgan fingerprint density at radius 1 is 1.04 bits per heavy atom. The normalized spacial score (nSPS) is 23.4. The number of hydrogen-bond acceptors (Lipinski definition) is 3. The summed E-state index contributed by atoms with van der Waals surface area (Å²) in [6, 6.07) is 0. The van der Waals surface area contributed by atoms with Gasteiger partial charge in [-0.1, -0.05) is 6.58 Å². The quantitative estimate of drug-likeness (QED) is 0.467. The van der Waals surface area contributed by atoms with Crippen LogP contribution in [0.25, 0.3) is 0 Å². The molecule has 0 aromatic rings. The van der Waals surface area contributed by atoms with E-state index in [0.717, 1.165) is 6.08 Å². The molecule has 1 fully saturated rings. The standard InChI is InChI=1S/C14H18F6O3/c1-2-11(21)23-8-10-5-3-9(4-6-10)7-12(22,13(15,16)17)14(18,19)20/h2,9-10,22H,1,3-8H2. The molecule has 9 heteroatoms. The lowest BCUT2D eigenvalue weighted by molar-refractivity contribution is -0.373. The average molecular weight is 348 g/mol. The first-order valence-electron chi connectivity index (χ1n) is 7.05. The van der Waals surface area contributed by atoms with E-state index < -0.39 is 36.3 Å². The van der Waals surface area contributed by atoms with E-state index in [9.17, 15) is 36.2 Å². The minimum Gasteiger partial charge on any atom is -0.462 e. The predicted molar refractivity (Wildman–Crippen MR) is 68.3 cm³/mol. The molecule has 1 aliphatic carbocycles. The molecule has 0 atom stereocenters. The fraction of sp³-hybridized carbons (Fsp3) is 0.786. The van der Waals surface area contributed by atoms with Gasteiger partial charge in [-0.25, -0.2) is 4.79 Å². The van der Waals surface area contributed by atoms with Gasteiger partial charge >= 0.3 is 18.3 Å². The second-order valence-electron chi connectivity index (χ2n) is 5.78. The van der Waals surface area contributed by atoms with Gasteiger partial charge in [-0.15, -0.1) is 0 Å². The minimum absolute atomic E-state index is 0.0559. The van der Waals surface area contributed by atoms with Crippen LogP contribution >= 0.6 is 0 Å². The largest absolute Gasteiger partial charge is 0.462 e. The fourth-order valence-electron chi connectivity index (χ4n) is 2.67. The second-order valence-corrected chi connectivity index (χ2v) is 5.78. The van der Waals surface area contributed by atoms with Gasteiger partial charge < -0.3 is 9.84 Å². The minimum atomic E-state index is -5.78. The van der Waals surface area contributed by atoms with Crippen molar-refractivity contribution >= 4 is 5.97 Å². The molecule has 1 aliphatic rings. The van der Waals surface area contributed by atoms with E-state index in [-0.39, 0.29) is 25.4 Å². The van der Waals surface area contributed by atoms with Crippen molar-refractivity contribution < 1.29 is 41.0 Å². The molecule has 0 aliphatic heterocycles. The van der Waals surface area contributed by atoms with Crippen molar-refractivity contribution in [3.63, 3.8) is 0 Å². The van der Waals surface area contributed by atoms with E-state index in [2.05, 4.69) is 6.58 Å². The molecule has 134 valence electrons. The highest BCUT2D eigenvalue weighted by molar-refractivity contribution is 5.81. The summed E-state index contributed by atoms with van der Waals surface area (Å²) in [5.74, 6) is -1.63. The average Bonchev–Trinajstić information content (AvgIpc) is 2.43. The molecule has 0 heterocycles. The van der Waals surface area contributed by atoms with Crippen molar-refractivity contribution in [2.45, 2.75) is 50.1 Å². The molecule has 0 bridgehead atoms. The zero-order valence-corrected chi connectivity index (χ0v) is 12.2. The first kappa shape index (κ1) is 19.8. The van der Waals surface area contributed by atoms with Crippen LogP contribution in [0.3, 0.4) is 0 Å². The summed E-state index contributed by atoms with van der Waals surface area (Å²) in [5.41, 5.74) is -4.69. The van der Waals surface area contributed by atoms with Crippen molar-refractivity contribution in [2.75, 3.05) is 6.61 Å². The monoisotopic (exact) mass is 348 g/mol. The number of carbonyl (C=O) groups excluding carboxylic acids is 1. The van der Waals surface area contributed by atoms with Crippen molar-refractivity contribution in [1.29, 1.82) is 0 Å². The number of ether oxygens (including phenoxy) is 1. The summed E-state index contributed by atoms with van der Waals surface area (Å²) >= 11 is 0. The number of halogens is 6. The number of esters is 1. The van der Waals surface area contributed by atoms with E-state index in [1.807, 2.05) is 0 Å². The molecular weight excluding hydrogens is 330 g/mol. The summed E-state index contributed by atoms with van der Waals surface area (Å²) in [6.07, 6.45) is -11.1. The first-order valence-corrected chi connectivity index (χ1v) is 7.05. The summed E-state index contributed by atoms with van der Waals surface area (Å²) in [5, 5.41) is 9.18. The van der Waals surface area contributed by atoms with Crippen LogP contribution in [0.2, 0.25) is 0 Å². The maximum Gasteiger partial charge on any atom is 0.426 e. The topological polar surface area (TPSA) is 46.5 Å². The lowest BCUT2D eigenvalue weighted by Crippen LogP contribution is -2.57. The number of aliphatic hydroxyl groups is 1. The SMILES string of the molecule is C=CC(=O)OCC1CCC(CC(O)(C(F)(F)F)C(F)(F)F)CC1. The first-order chi connectivity index (χ1) is 10.4. The number of alkyl halides is 6. The van der Waals surface area contributed by atoms with Crippen molar-refractivity contribution in [3.8, 4) is 0 Å². The third-order valence-electron chi connectivity index (χ3n) is 4.12. The summed E-state index contributed by atoms with van der Waals surface area (Å²) in [4.78, 5) is 10.9. The van der Waals surface area contributed by atoms with E-state index in [1.165, 1.54) is 0 Å². The van der Waals surface area contributed by atoms with Crippen LogP contribution in [-0.2, 0) is 9.53 Å². The van der Waals surface area contributed by atoms with Gasteiger partial charge in [-0.3, -0.25) is 0 Å². The molecule has 0 aromatic heterocycles. The Morgan fingerprint density at radius 2 is 1.48 bits per heavy atom. The molecule has 0 aromatic carbocycles. The van der Waals surface area contributed by atoms with Gasteiger partial charge in [-0.05, 0) is 43.9 Å². The van der Waals surface area contributed by atoms with Gasteiger partial charge in [0, 0.05) is 6.08 Å². The van der Waals surface area contributed by atoms with Crippen LogP contribution in [0, 0.1) is 11.8 Å². The van der Waals surface area contributed by atoms with Gasteiger partial charge in [0.15, 0.2) is 0 Å². The summed E-state index contributed by atoms with van der Waals surface area (Å²) in [6.45, 7) is 3.26. The highest BCUT2D eigenvalue weighted by atomic mass is 19.4. The third kappa shape index (κ3) is 4.86. The Balaban J connectivity index is 2.60. The molecule has 3 nitrogen and oxygen atoms in total.